The number of pyridine rings is 1. The molecule has 0 spiro atoms. The molecule has 0 saturated carbocycles. The molecule has 0 fully saturated rings. The Bertz CT molecular complexity index is 613. The van der Waals surface area contributed by atoms with Gasteiger partial charge in [0.1, 0.15) is 5.82 Å². The zero-order valence-corrected chi connectivity index (χ0v) is 10.0. The lowest BCUT2D eigenvalue weighted by atomic mass is 10.1. The number of ether oxygens (including phenoxy) is 1. The summed E-state index contributed by atoms with van der Waals surface area (Å²) < 4.78 is 18.2. The summed E-state index contributed by atoms with van der Waals surface area (Å²) in [4.78, 5) is 15.5. The third-order valence-electron chi connectivity index (χ3n) is 2.51. The van der Waals surface area contributed by atoms with Crippen molar-refractivity contribution in [3.63, 3.8) is 0 Å². The molecule has 2 aromatic rings. The van der Waals surface area contributed by atoms with Crippen molar-refractivity contribution in [2.45, 2.75) is 6.92 Å². The van der Waals surface area contributed by atoms with Crippen molar-refractivity contribution in [2.75, 3.05) is 7.11 Å². The first-order valence-electron chi connectivity index (χ1n) is 4.88. The SMILES string of the molecule is COC(=O)c1cnc2c(C)ccc(F)c2c1Cl. The first kappa shape index (κ1) is 11.8. The second kappa shape index (κ2) is 4.30. The summed E-state index contributed by atoms with van der Waals surface area (Å²) in [5, 5.41) is 0.178. The van der Waals surface area contributed by atoms with Crippen LogP contribution in [0.5, 0.6) is 0 Å². The Morgan fingerprint density at radius 1 is 1.47 bits per heavy atom. The lowest BCUT2D eigenvalue weighted by Gasteiger charge is -2.07. The highest BCUT2D eigenvalue weighted by Gasteiger charge is 2.17. The number of aryl methyl sites for hydroxylation is 1. The number of nitrogens with zero attached hydrogens (tertiary/aromatic N) is 1. The van der Waals surface area contributed by atoms with Crippen LogP contribution in [0.2, 0.25) is 5.02 Å². The molecule has 0 aliphatic carbocycles. The fourth-order valence-corrected chi connectivity index (χ4v) is 1.92. The van der Waals surface area contributed by atoms with Gasteiger partial charge in [-0.3, -0.25) is 4.98 Å². The van der Waals surface area contributed by atoms with Crippen LogP contribution in [0.4, 0.5) is 4.39 Å². The highest BCUT2D eigenvalue weighted by atomic mass is 35.5. The van der Waals surface area contributed by atoms with Gasteiger partial charge in [-0.1, -0.05) is 17.7 Å². The predicted octanol–water partition coefficient (Wildman–Crippen LogP) is 3.12. The van der Waals surface area contributed by atoms with Gasteiger partial charge >= 0.3 is 5.97 Å². The van der Waals surface area contributed by atoms with Crippen molar-refractivity contribution >= 4 is 28.5 Å². The highest BCUT2D eigenvalue weighted by Crippen LogP contribution is 2.30. The second-order valence-corrected chi connectivity index (χ2v) is 3.94. The van der Waals surface area contributed by atoms with Crippen LogP contribution in [0, 0.1) is 12.7 Å². The number of hydrogen-bond donors (Lipinski definition) is 0. The van der Waals surface area contributed by atoms with Crippen molar-refractivity contribution in [3.8, 4) is 0 Å². The molecule has 0 amide bonds. The van der Waals surface area contributed by atoms with E-state index in [2.05, 4.69) is 9.72 Å². The van der Waals surface area contributed by atoms with Crippen LogP contribution in [0.25, 0.3) is 10.9 Å². The predicted molar refractivity (Wildman–Crippen MR) is 62.8 cm³/mol. The maximum Gasteiger partial charge on any atom is 0.340 e. The van der Waals surface area contributed by atoms with Gasteiger partial charge in [0.2, 0.25) is 0 Å². The highest BCUT2D eigenvalue weighted by molar-refractivity contribution is 6.38. The van der Waals surface area contributed by atoms with E-state index in [4.69, 9.17) is 11.6 Å². The molecular formula is C12H9ClFNO2. The summed E-state index contributed by atoms with van der Waals surface area (Å²) in [6.07, 6.45) is 1.29. The van der Waals surface area contributed by atoms with Gasteiger partial charge in [0, 0.05) is 6.20 Å². The molecule has 17 heavy (non-hydrogen) atoms. The summed E-state index contributed by atoms with van der Waals surface area (Å²) in [5.74, 6) is -1.14. The number of benzene rings is 1. The first-order chi connectivity index (χ1) is 8.06. The molecule has 5 heteroatoms. The van der Waals surface area contributed by atoms with Crippen molar-refractivity contribution in [2.24, 2.45) is 0 Å². The van der Waals surface area contributed by atoms with Crippen LogP contribution in [0.1, 0.15) is 15.9 Å². The van der Waals surface area contributed by atoms with Crippen LogP contribution >= 0.6 is 11.6 Å². The van der Waals surface area contributed by atoms with Gasteiger partial charge in [0.25, 0.3) is 0 Å². The Balaban J connectivity index is 2.84. The van der Waals surface area contributed by atoms with Crippen LogP contribution in [-0.2, 0) is 4.74 Å². The number of fused-ring (bicyclic) bond motifs is 1. The monoisotopic (exact) mass is 253 g/mol. The normalized spacial score (nSPS) is 10.6. The molecular weight excluding hydrogens is 245 g/mol. The lowest BCUT2D eigenvalue weighted by molar-refractivity contribution is 0.0600. The van der Waals surface area contributed by atoms with E-state index in [1.165, 1.54) is 19.4 Å². The molecule has 0 aliphatic heterocycles. The van der Waals surface area contributed by atoms with Crippen LogP contribution in [-0.4, -0.2) is 18.1 Å². The van der Waals surface area contributed by atoms with E-state index in [-0.39, 0.29) is 16.0 Å². The standard InChI is InChI=1S/C12H9ClFNO2/c1-6-3-4-8(14)9-10(13)7(12(16)17-2)5-15-11(6)9/h3-5H,1-2H3. The Labute approximate surface area is 102 Å². The average molecular weight is 254 g/mol. The van der Waals surface area contributed by atoms with E-state index >= 15 is 0 Å². The zero-order chi connectivity index (χ0) is 12.6. The minimum absolute atomic E-state index is 0.0306. The number of esters is 1. The van der Waals surface area contributed by atoms with E-state index in [0.717, 1.165) is 5.56 Å². The third kappa shape index (κ3) is 1.85. The van der Waals surface area contributed by atoms with Crippen LogP contribution < -0.4 is 0 Å². The van der Waals surface area contributed by atoms with E-state index < -0.39 is 11.8 Å². The Morgan fingerprint density at radius 3 is 2.82 bits per heavy atom. The summed E-state index contributed by atoms with van der Waals surface area (Å²) >= 11 is 6.01. The molecule has 0 atom stereocenters. The number of hydrogen-bond acceptors (Lipinski definition) is 3. The Morgan fingerprint density at radius 2 is 2.18 bits per heavy atom. The van der Waals surface area contributed by atoms with Gasteiger partial charge in [0.05, 0.1) is 28.6 Å². The summed E-state index contributed by atoms with van der Waals surface area (Å²) in [5.41, 5.74) is 1.30. The number of methoxy groups -OCH3 is 1. The van der Waals surface area contributed by atoms with Gasteiger partial charge < -0.3 is 4.74 Å². The lowest BCUT2D eigenvalue weighted by Crippen LogP contribution is -2.04. The summed E-state index contributed by atoms with van der Waals surface area (Å²) in [6, 6.07) is 2.91. The zero-order valence-electron chi connectivity index (χ0n) is 9.25. The van der Waals surface area contributed by atoms with Gasteiger partial charge in [-0.2, -0.15) is 0 Å². The average Bonchev–Trinajstić information content (AvgIpc) is 2.33. The second-order valence-electron chi connectivity index (χ2n) is 3.57. The van der Waals surface area contributed by atoms with Crippen molar-refractivity contribution < 1.29 is 13.9 Å². The van der Waals surface area contributed by atoms with Gasteiger partial charge in [-0.05, 0) is 18.6 Å². The number of carbonyl (C=O) groups is 1. The van der Waals surface area contributed by atoms with Crippen molar-refractivity contribution in [1.82, 2.24) is 4.98 Å². The van der Waals surface area contributed by atoms with Crippen molar-refractivity contribution in [1.29, 1.82) is 0 Å². The molecule has 2 rings (SSSR count). The van der Waals surface area contributed by atoms with Gasteiger partial charge in [-0.25, -0.2) is 9.18 Å². The molecule has 1 aromatic heterocycles. The summed E-state index contributed by atoms with van der Waals surface area (Å²) in [6.45, 7) is 1.79. The fourth-order valence-electron chi connectivity index (χ4n) is 1.62. The minimum atomic E-state index is -0.634. The number of aromatic nitrogens is 1. The number of rotatable bonds is 1. The van der Waals surface area contributed by atoms with Gasteiger partial charge in [-0.15, -0.1) is 0 Å². The molecule has 1 heterocycles. The first-order valence-corrected chi connectivity index (χ1v) is 5.25. The molecule has 88 valence electrons. The molecule has 0 bridgehead atoms. The maximum absolute atomic E-state index is 13.7. The fraction of sp³-hybridized carbons (Fsp3) is 0.167. The summed E-state index contributed by atoms with van der Waals surface area (Å²) in [7, 11) is 1.23. The van der Waals surface area contributed by atoms with Crippen LogP contribution in [0.3, 0.4) is 0 Å². The molecule has 0 aliphatic rings. The quantitative estimate of drug-likeness (QED) is 0.733. The molecule has 1 aromatic carbocycles. The van der Waals surface area contributed by atoms with Gasteiger partial charge in [0.15, 0.2) is 0 Å². The molecule has 0 radical (unpaired) electrons. The topological polar surface area (TPSA) is 39.2 Å². The molecule has 0 N–H and O–H groups in total. The van der Waals surface area contributed by atoms with E-state index in [1.807, 2.05) is 0 Å². The Kier molecular flexibility index (Phi) is 2.98. The maximum atomic E-state index is 13.7. The van der Waals surface area contributed by atoms with Crippen LogP contribution in [0.15, 0.2) is 18.3 Å². The number of carbonyl (C=O) groups excluding carboxylic acids is 1. The number of halogens is 2. The third-order valence-corrected chi connectivity index (χ3v) is 2.91. The molecule has 0 saturated heterocycles. The van der Waals surface area contributed by atoms with E-state index in [0.29, 0.717) is 5.52 Å². The van der Waals surface area contributed by atoms with E-state index in [9.17, 15) is 9.18 Å². The minimum Gasteiger partial charge on any atom is -0.465 e. The molecule has 0 unspecified atom stereocenters. The molecule has 3 nitrogen and oxygen atoms in total. The van der Waals surface area contributed by atoms with Crippen molar-refractivity contribution in [3.05, 3.63) is 40.3 Å². The Hall–Kier alpha value is -1.68. The van der Waals surface area contributed by atoms with E-state index in [1.54, 1.807) is 13.0 Å². The smallest absolute Gasteiger partial charge is 0.340 e. The largest absolute Gasteiger partial charge is 0.465 e.